The van der Waals surface area contributed by atoms with E-state index in [0.717, 1.165) is 15.6 Å². The lowest BCUT2D eigenvalue weighted by atomic mass is 10.0. The standard InChI is InChI=1S/C12H17BrN2O2/c1-8-7-9(3-4-10(8)13)11(12(14)16)15-5-6-17-2/h3-4,7,11,15H,5-6H2,1-2H3,(H2,14,16). The van der Waals surface area contributed by atoms with Crippen LogP contribution in [0.4, 0.5) is 0 Å². The van der Waals surface area contributed by atoms with Crippen LogP contribution < -0.4 is 11.1 Å². The molecule has 5 heteroatoms. The molecule has 94 valence electrons. The summed E-state index contributed by atoms with van der Waals surface area (Å²) in [7, 11) is 1.62. The van der Waals surface area contributed by atoms with Crippen LogP contribution in [0.25, 0.3) is 0 Å². The van der Waals surface area contributed by atoms with Crippen molar-refractivity contribution in [2.75, 3.05) is 20.3 Å². The lowest BCUT2D eigenvalue weighted by Gasteiger charge is -2.16. The van der Waals surface area contributed by atoms with E-state index in [0.29, 0.717) is 13.2 Å². The van der Waals surface area contributed by atoms with Crippen LogP contribution in [0.15, 0.2) is 22.7 Å². The van der Waals surface area contributed by atoms with Crippen LogP contribution in [0.1, 0.15) is 17.2 Å². The number of carbonyl (C=O) groups excluding carboxylic acids is 1. The minimum atomic E-state index is -0.475. The largest absolute Gasteiger partial charge is 0.383 e. The number of aryl methyl sites for hydroxylation is 1. The van der Waals surface area contributed by atoms with Gasteiger partial charge in [-0.25, -0.2) is 0 Å². The normalized spacial score (nSPS) is 12.4. The zero-order valence-corrected chi connectivity index (χ0v) is 11.6. The Balaban J connectivity index is 2.82. The molecule has 0 aromatic heterocycles. The van der Waals surface area contributed by atoms with E-state index in [1.165, 1.54) is 0 Å². The molecule has 0 saturated carbocycles. The van der Waals surface area contributed by atoms with Gasteiger partial charge in [0.15, 0.2) is 0 Å². The van der Waals surface area contributed by atoms with Crippen LogP contribution in [-0.2, 0) is 9.53 Å². The van der Waals surface area contributed by atoms with Gasteiger partial charge in [-0.2, -0.15) is 0 Å². The molecule has 0 aliphatic carbocycles. The van der Waals surface area contributed by atoms with Gasteiger partial charge in [0.1, 0.15) is 6.04 Å². The third-order valence-electron chi connectivity index (χ3n) is 2.45. The van der Waals surface area contributed by atoms with Crippen molar-refractivity contribution in [1.82, 2.24) is 5.32 Å². The predicted molar refractivity (Wildman–Crippen MR) is 70.7 cm³/mol. The molecule has 1 amide bonds. The van der Waals surface area contributed by atoms with Gasteiger partial charge in [0.2, 0.25) is 5.91 Å². The van der Waals surface area contributed by atoms with Crippen molar-refractivity contribution in [1.29, 1.82) is 0 Å². The number of primary amides is 1. The van der Waals surface area contributed by atoms with Crippen LogP contribution >= 0.6 is 15.9 Å². The molecule has 1 rings (SSSR count). The first kappa shape index (κ1) is 14.2. The quantitative estimate of drug-likeness (QED) is 0.783. The summed E-state index contributed by atoms with van der Waals surface area (Å²) in [5, 5.41) is 3.07. The Labute approximate surface area is 110 Å². The van der Waals surface area contributed by atoms with Gasteiger partial charge in [-0.1, -0.05) is 28.1 Å². The zero-order valence-electron chi connectivity index (χ0n) is 10.00. The Kier molecular flexibility index (Phi) is 5.61. The summed E-state index contributed by atoms with van der Waals surface area (Å²) in [5.74, 6) is -0.386. The number of carbonyl (C=O) groups is 1. The fourth-order valence-corrected chi connectivity index (χ4v) is 1.78. The number of rotatable bonds is 6. The van der Waals surface area contributed by atoms with Crippen LogP contribution in [0.3, 0.4) is 0 Å². The number of hydrogen-bond donors (Lipinski definition) is 2. The van der Waals surface area contributed by atoms with Gasteiger partial charge in [-0.3, -0.25) is 10.1 Å². The molecule has 17 heavy (non-hydrogen) atoms. The lowest BCUT2D eigenvalue weighted by molar-refractivity contribution is -0.120. The molecule has 0 spiro atoms. The Bertz CT molecular complexity index is 396. The topological polar surface area (TPSA) is 64.3 Å². The number of hydrogen-bond acceptors (Lipinski definition) is 3. The van der Waals surface area contributed by atoms with Gasteiger partial charge in [0.25, 0.3) is 0 Å². The number of halogens is 1. The van der Waals surface area contributed by atoms with E-state index >= 15 is 0 Å². The van der Waals surface area contributed by atoms with E-state index in [4.69, 9.17) is 10.5 Å². The van der Waals surface area contributed by atoms with Crippen LogP contribution in [-0.4, -0.2) is 26.2 Å². The Morgan fingerprint density at radius 1 is 1.59 bits per heavy atom. The third-order valence-corrected chi connectivity index (χ3v) is 3.34. The van der Waals surface area contributed by atoms with Gasteiger partial charge in [-0.15, -0.1) is 0 Å². The molecular formula is C12H17BrN2O2. The summed E-state index contributed by atoms with van der Waals surface area (Å²) in [6.07, 6.45) is 0. The second-order valence-corrected chi connectivity index (χ2v) is 4.65. The highest BCUT2D eigenvalue weighted by Crippen LogP contribution is 2.21. The molecule has 0 heterocycles. The van der Waals surface area contributed by atoms with Crippen molar-refractivity contribution in [2.45, 2.75) is 13.0 Å². The summed E-state index contributed by atoms with van der Waals surface area (Å²) in [4.78, 5) is 11.4. The number of methoxy groups -OCH3 is 1. The number of ether oxygens (including phenoxy) is 1. The summed E-state index contributed by atoms with van der Waals surface area (Å²) < 4.78 is 5.94. The molecular weight excluding hydrogens is 284 g/mol. The first-order valence-electron chi connectivity index (χ1n) is 5.34. The summed E-state index contributed by atoms with van der Waals surface area (Å²) in [6, 6.07) is 5.27. The summed E-state index contributed by atoms with van der Waals surface area (Å²) in [5.41, 5.74) is 7.33. The number of amides is 1. The van der Waals surface area contributed by atoms with E-state index in [1.807, 2.05) is 25.1 Å². The molecule has 0 aliphatic heterocycles. The molecule has 0 radical (unpaired) electrons. The van der Waals surface area contributed by atoms with Crippen LogP contribution in [0.5, 0.6) is 0 Å². The van der Waals surface area contributed by atoms with E-state index in [9.17, 15) is 4.79 Å². The van der Waals surface area contributed by atoms with E-state index < -0.39 is 6.04 Å². The summed E-state index contributed by atoms with van der Waals surface area (Å²) in [6.45, 7) is 3.10. The molecule has 0 saturated heterocycles. The van der Waals surface area contributed by atoms with Crippen molar-refractivity contribution in [3.63, 3.8) is 0 Å². The fraction of sp³-hybridized carbons (Fsp3) is 0.417. The van der Waals surface area contributed by atoms with Crippen molar-refractivity contribution >= 4 is 21.8 Å². The van der Waals surface area contributed by atoms with Crippen molar-refractivity contribution in [3.05, 3.63) is 33.8 Å². The minimum absolute atomic E-state index is 0.386. The third kappa shape index (κ3) is 4.11. The van der Waals surface area contributed by atoms with Crippen molar-refractivity contribution < 1.29 is 9.53 Å². The monoisotopic (exact) mass is 300 g/mol. The Hall–Kier alpha value is -0.910. The van der Waals surface area contributed by atoms with E-state index in [-0.39, 0.29) is 5.91 Å². The Morgan fingerprint density at radius 2 is 2.29 bits per heavy atom. The van der Waals surface area contributed by atoms with Crippen LogP contribution in [0.2, 0.25) is 0 Å². The molecule has 1 unspecified atom stereocenters. The second-order valence-electron chi connectivity index (χ2n) is 3.79. The highest BCUT2D eigenvalue weighted by Gasteiger charge is 2.17. The molecule has 0 bridgehead atoms. The maximum absolute atomic E-state index is 11.4. The Morgan fingerprint density at radius 3 is 2.82 bits per heavy atom. The smallest absolute Gasteiger partial charge is 0.239 e. The van der Waals surface area contributed by atoms with E-state index in [2.05, 4.69) is 21.2 Å². The number of benzene rings is 1. The molecule has 1 aromatic carbocycles. The molecule has 3 N–H and O–H groups in total. The highest BCUT2D eigenvalue weighted by atomic mass is 79.9. The number of nitrogens with two attached hydrogens (primary N) is 1. The average molecular weight is 301 g/mol. The van der Waals surface area contributed by atoms with E-state index in [1.54, 1.807) is 7.11 Å². The van der Waals surface area contributed by atoms with Crippen molar-refractivity contribution in [2.24, 2.45) is 5.73 Å². The van der Waals surface area contributed by atoms with Gasteiger partial charge < -0.3 is 10.5 Å². The highest BCUT2D eigenvalue weighted by molar-refractivity contribution is 9.10. The van der Waals surface area contributed by atoms with Gasteiger partial charge >= 0.3 is 0 Å². The molecule has 0 fully saturated rings. The lowest BCUT2D eigenvalue weighted by Crippen LogP contribution is -2.35. The van der Waals surface area contributed by atoms with Gasteiger partial charge in [-0.05, 0) is 24.1 Å². The molecule has 1 aromatic rings. The minimum Gasteiger partial charge on any atom is -0.383 e. The SMILES string of the molecule is COCCNC(C(N)=O)c1ccc(Br)c(C)c1. The first-order valence-corrected chi connectivity index (χ1v) is 6.13. The molecule has 0 aliphatic rings. The summed E-state index contributed by atoms with van der Waals surface area (Å²) >= 11 is 3.42. The van der Waals surface area contributed by atoms with Crippen LogP contribution in [0, 0.1) is 6.92 Å². The predicted octanol–water partition coefficient (Wildman–Crippen LogP) is 1.52. The zero-order chi connectivity index (χ0) is 12.8. The molecule has 4 nitrogen and oxygen atoms in total. The number of nitrogens with one attached hydrogen (secondary N) is 1. The van der Waals surface area contributed by atoms with Crippen molar-refractivity contribution in [3.8, 4) is 0 Å². The average Bonchev–Trinajstić information content (AvgIpc) is 2.28. The molecule has 1 atom stereocenters. The van der Waals surface area contributed by atoms with Gasteiger partial charge in [0.05, 0.1) is 6.61 Å². The maximum atomic E-state index is 11.4. The second kappa shape index (κ2) is 6.74. The fourth-order valence-electron chi connectivity index (χ4n) is 1.54. The van der Waals surface area contributed by atoms with Gasteiger partial charge in [0, 0.05) is 18.1 Å². The maximum Gasteiger partial charge on any atom is 0.239 e. The first-order chi connectivity index (χ1) is 8.06.